The van der Waals surface area contributed by atoms with Crippen LogP contribution < -0.4 is 15.2 Å². The Balaban J connectivity index is 1.74. The molecule has 0 saturated carbocycles. The van der Waals surface area contributed by atoms with Crippen molar-refractivity contribution in [3.8, 4) is 5.75 Å². The van der Waals surface area contributed by atoms with Crippen LogP contribution >= 0.6 is 0 Å². The van der Waals surface area contributed by atoms with Gasteiger partial charge in [0.1, 0.15) is 5.75 Å². The van der Waals surface area contributed by atoms with Gasteiger partial charge in [-0.15, -0.1) is 0 Å². The molecule has 0 aliphatic rings. The minimum atomic E-state index is -0.231. The molecule has 0 fully saturated rings. The number of rotatable bonds is 6. The summed E-state index contributed by atoms with van der Waals surface area (Å²) in [6.07, 6.45) is 0.466. The summed E-state index contributed by atoms with van der Waals surface area (Å²) >= 11 is 0. The van der Waals surface area contributed by atoms with Crippen LogP contribution in [0.25, 0.3) is 5.78 Å². The zero-order valence-corrected chi connectivity index (χ0v) is 17.6. The number of para-hydroxylation sites is 1. The second-order valence-corrected chi connectivity index (χ2v) is 7.24. The Bertz CT molecular complexity index is 1290. The highest BCUT2D eigenvalue weighted by molar-refractivity contribution is 5.89. The fraction of sp³-hybridized carbons (Fsp3) is 0.217. The Hall–Kier alpha value is -3.94. The van der Waals surface area contributed by atoms with Crippen LogP contribution in [0.5, 0.6) is 5.75 Å². The lowest BCUT2D eigenvalue weighted by atomic mass is 10.1. The van der Waals surface area contributed by atoms with E-state index in [1.807, 2.05) is 54.6 Å². The first-order valence-corrected chi connectivity index (χ1v) is 9.90. The quantitative estimate of drug-likeness (QED) is 0.521. The molecule has 158 valence electrons. The highest BCUT2D eigenvalue weighted by atomic mass is 16.5. The summed E-state index contributed by atoms with van der Waals surface area (Å²) in [7, 11) is 1.58. The summed E-state index contributed by atoms with van der Waals surface area (Å²) in [6, 6.07) is 17.2. The van der Waals surface area contributed by atoms with Crippen LogP contribution in [0.3, 0.4) is 0 Å². The molecule has 0 atom stereocenters. The van der Waals surface area contributed by atoms with Crippen molar-refractivity contribution in [1.82, 2.24) is 19.6 Å². The molecule has 2 aromatic heterocycles. The van der Waals surface area contributed by atoms with E-state index < -0.39 is 0 Å². The smallest absolute Gasteiger partial charge is 0.277 e. The number of amides is 1. The van der Waals surface area contributed by atoms with Gasteiger partial charge >= 0.3 is 0 Å². The number of hydrogen-bond donors (Lipinski definition) is 1. The third kappa shape index (κ3) is 4.05. The fourth-order valence-corrected chi connectivity index (χ4v) is 3.51. The SMILES string of the molecule is COc1ccccc1CN(C(C)=O)c1nc2nc(C)c(Cc3ccccc3)c(=O)n2[nH]1. The van der Waals surface area contributed by atoms with Crippen molar-refractivity contribution in [3.63, 3.8) is 0 Å². The minimum Gasteiger partial charge on any atom is -0.496 e. The number of carbonyl (C=O) groups excluding carboxylic acids is 1. The molecule has 4 rings (SSSR count). The van der Waals surface area contributed by atoms with Crippen LogP contribution in [0.2, 0.25) is 0 Å². The summed E-state index contributed by atoms with van der Waals surface area (Å²) in [6.45, 7) is 3.49. The predicted molar refractivity (Wildman–Crippen MR) is 117 cm³/mol. The molecule has 0 bridgehead atoms. The maximum Gasteiger partial charge on any atom is 0.277 e. The van der Waals surface area contributed by atoms with Crippen molar-refractivity contribution in [2.75, 3.05) is 12.0 Å². The molecule has 31 heavy (non-hydrogen) atoms. The molecule has 8 nitrogen and oxygen atoms in total. The summed E-state index contributed by atoms with van der Waals surface area (Å²) in [5, 5.41) is 2.95. The number of nitrogens with one attached hydrogen (secondary N) is 1. The van der Waals surface area contributed by atoms with Crippen LogP contribution in [-0.2, 0) is 17.8 Å². The molecule has 0 aliphatic carbocycles. The van der Waals surface area contributed by atoms with E-state index in [-0.39, 0.29) is 29.7 Å². The number of aromatic nitrogens is 4. The van der Waals surface area contributed by atoms with Gasteiger partial charge in [0.25, 0.3) is 11.3 Å². The molecule has 0 unspecified atom stereocenters. The number of hydrogen-bond acceptors (Lipinski definition) is 5. The van der Waals surface area contributed by atoms with Crippen LogP contribution in [0.4, 0.5) is 5.95 Å². The van der Waals surface area contributed by atoms with Gasteiger partial charge in [0.15, 0.2) is 0 Å². The molecule has 0 spiro atoms. The largest absolute Gasteiger partial charge is 0.496 e. The van der Waals surface area contributed by atoms with Crippen LogP contribution in [-0.4, -0.2) is 32.6 Å². The lowest BCUT2D eigenvalue weighted by Crippen LogP contribution is -2.29. The first-order valence-electron chi connectivity index (χ1n) is 9.90. The zero-order chi connectivity index (χ0) is 22.0. The molecule has 1 N–H and O–H groups in total. The van der Waals surface area contributed by atoms with Crippen molar-refractivity contribution in [2.45, 2.75) is 26.8 Å². The summed E-state index contributed by atoms with van der Waals surface area (Å²) in [4.78, 5) is 35.9. The Morgan fingerprint density at radius 1 is 1.10 bits per heavy atom. The molecule has 2 heterocycles. The first kappa shape index (κ1) is 20.3. The monoisotopic (exact) mass is 417 g/mol. The average Bonchev–Trinajstić information content (AvgIpc) is 3.19. The van der Waals surface area contributed by atoms with Crippen molar-refractivity contribution in [3.05, 3.63) is 87.3 Å². The van der Waals surface area contributed by atoms with E-state index >= 15 is 0 Å². The van der Waals surface area contributed by atoms with Gasteiger partial charge in [-0.2, -0.15) is 9.50 Å². The fourth-order valence-electron chi connectivity index (χ4n) is 3.51. The van der Waals surface area contributed by atoms with Crippen molar-refractivity contribution < 1.29 is 9.53 Å². The van der Waals surface area contributed by atoms with E-state index in [9.17, 15) is 9.59 Å². The molecule has 0 radical (unpaired) electrons. The van der Waals surface area contributed by atoms with E-state index in [0.717, 1.165) is 11.1 Å². The maximum absolute atomic E-state index is 13.1. The number of anilines is 1. The number of aromatic amines is 1. The number of fused-ring (bicyclic) bond motifs is 1. The van der Waals surface area contributed by atoms with Gasteiger partial charge in [-0.05, 0) is 18.6 Å². The van der Waals surface area contributed by atoms with Gasteiger partial charge in [0.2, 0.25) is 11.9 Å². The number of methoxy groups -OCH3 is 1. The third-order valence-electron chi connectivity index (χ3n) is 5.16. The molecule has 8 heteroatoms. The molecular formula is C23H23N5O3. The van der Waals surface area contributed by atoms with Crippen molar-refractivity contribution >= 4 is 17.6 Å². The van der Waals surface area contributed by atoms with E-state index in [4.69, 9.17) is 4.74 Å². The van der Waals surface area contributed by atoms with Gasteiger partial charge in [-0.1, -0.05) is 48.5 Å². The Kier molecular flexibility index (Phi) is 5.53. The number of carbonyl (C=O) groups is 1. The van der Waals surface area contributed by atoms with Crippen molar-refractivity contribution in [2.24, 2.45) is 0 Å². The number of aryl methyl sites for hydroxylation is 1. The number of H-pyrrole nitrogens is 1. The van der Waals surface area contributed by atoms with Gasteiger partial charge in [0.05, 0.1) is 19.3 Å². The maximum atomic E-state index is 13.1. The molecule has 0 aliphatic heterocycles. The molecule has 0 saturated heterocycles. The van der Waals surface area contributed by atoms with E-state index in [0.29, 0.717) is 23.4 Å². The Morgan fingerprint density at radius 3 is 2.52 bits per heavy atom. The van der Waals surface area contributed by atoms with Gasteiger partial charge in [0, 0.05) is 24.5 Å². The molecule has 2 aromatic carbocycles. The van der Waals surface area contributed by atoms with E-state index in [1.54, 1.807) is 14.0 Å². The highest BCUT2D eigenvalue weighted by Gasteiger charge is 2.20. The number of nitrogens with zero attached hydrogens (tertiary/aromatic N) is 4. The summed E-state index contributed by atoms with van der Waals surface area (Å²) in [5.41, 5.74) is 2.81. The normalized spacial score (nSPS) is 10.9. The summed E-state index contributed by atoms with van der Waals surface area (Å²) in [5.74, 6) is 0.917. The van der Waals surface area contributed by atoms with Crippen LogP contribution in [0, 0.1) is 6.92 Å². The Labute approximate surface area is 179 Å². The van der Waals surface area contributed by atoms with Crippen LogP contribution in [0.15, 0.2) is 59.4 Å². The lowest BCUT2D eigenvalue weighted by Gasteiger charge is -2.19. The lowest BCUT2D eigenvalue weighted by molar-refractivity contribution is -0.116. The molecular weight excluding hydrogens is 394 g/mol. The second-order valence-electron chi connectivity index (χ2n) is 7.24. The molecule has 1 amide bonds. The average molecular weight is 417 g/mol. The number of benzene rings is 2. The van der Waals surface area contributed by atoms with Crippen LogP contribution in [0.1, 0.15) is 29.3 Å². The topological polar surface area (TPSA) is 92.6 Å². The highest BCUT2D eigenvalue weighted by Crippen LogP contribution is 2.22. The molecule has 4 aromatic rings. The number of ether oxygens (including phenoxy) is 1. The van der Waals surface area contributed by atoms with E-state index in [2.05, 4.69) is 15.1 Å². The van der Waals surface area contributed by atoms with Gasteiger partial charge in [-0.25, -0.2) is 4.98 Å². The predicted octanol–water partition coefficient (Wildman–Crippen LogP) is 2.88. The third-order valence-corrected chi connectivity index (χ3v) is 5.16. The van der Waals surface area contributed by atoms with E-state index in [1.165, 1.54) is 16.3 Å². The second kappa shape index (κ2) is 8.43. The summed E-state index contributed by atoms with van der Waals surface area (Å²) < 4.78 is 6.68. The van der Waals surface area contributed by atoms with Gasteiger partial charge < -0.3 is 4.74 Å². The van der Waals surface area contributed by atoms with Crippen molar-refractivity contribution in [1.29, 1.82) is 0 Å². The standard InChI is InChI=1S/C23H23N5O3/c1-15-19(13-17-9-5-4-6-10-17)21(30)28-22(24-15)25-23(26-28)27(16(2)29)14-18-11-7-8-12-20(18)31-3/h4-12H,13-14H2,1-3H3,(H,24,25,26). The van der Waals surface area contributed by atoms with Gasteiger partial charge in [-0.3, -0.25) is 19.6 Å². The Morgan fingerprint density at radius 2 is 1.81 bits per heavy atom. The first-order chi connectivity index (χ1) is 15.0. The minimum absolute atomic E-state index is 0.223. The zero-order valence-electron chi connectivity index (χ0n) is 17.6.